The van der Waals surface area contributed by atoms with Crippen LogP contribution in [0.1, 0.15) is 19.3 Å². The van der Waals surface area contributed by atoms with Gasteiger partial charge in [0.2, 0.25) is 5.91 Å². The maximum atomic E-state index is 10.9. The Bertz CT molecular complexity index is 183. The summed E-state index contributed by atoms with van der Waals surface area (Å²) in [6, 6.07) is 0. The van der Waals surface area contributed by atoms with Crippen LogP contribution in [0.5, 0.6) is 0 Å². The zero-order valence-electron chi connectivity index (χ0n) is 7.13. The Morgan fingerprint density at radius 3 is 2.75 bits per heavy atom. The fraction of sp³-hybridized carbons (Fsp3) is 0.714. The summed E-state index contributed by atoms with van der Waals surface area (Å²) in [5, 5.41) is 12.9. The van der Waals surface area contributed by atoms with Crippen molar-refractivity contribution in [1.29, 1.82) is 0 Å². The minimum Gasteiger partial charge on any atom is -0.549 e. The quantitative estimate of drug-likeness (QED) is 0.340. The summed E-state index contributed by atoms with van der Waals surface area (Å²) < 4.78 is 0. The molecule has 0 aromatic carbocycles. The monoisotopic (exact) mass is 195 g/mol. The number of amides is 1. The molecule has 0 spiro atoms. The van der Waals surface area contributed by atoms with E-state index in [4.69, 9.17) is 0 Å². The average molecular weight is 195 g/mol. The number of nitrogens with one attached hydrogen (secondary N) is 1. The van der Waals surface area contributed by atoms with Gasteiger partial charge in [0.05, 0.1) is 11.9 Å². The SMILES string of the molecule is O=C([O-])C1CCCCNC1=O.[K+]. The molecule has 1 heterocycles. The third-order valence-corrected chi connectivity index (χ3v) is 1.82. The van der Waals surface area contributed by atoms with Crippen molar-refractivity contribution in [2.24, 2.45) is 5.92 Å². The Morgan fingerprint density at radius 2 is 2.17 bits per heavy atom. The number of hydrogen-bond acceptors (Lipinski definition) is 3. The third-order valence-electron chi connectivity index (χ3n) is 1.82. The predicted molar refractivity (Wildman–Crippen MR) is 35.4 cm³/mol. The molecule has 1 aliphatic rings. The maximum Gasteiger partial charge on any atom is 1.00 e. The summed E-state index contributed by atoms with van der Waals surface area (Å²) >= 11 is 0. The van der Waals surface area contributed by atoms with Gasteiger partial charge in [0.25, 0.3) is 0 Å². The van der Waals surface area contributed by atoms with Gasteiger partial charge in [-0.1, -0.05) is 6.42 Å². The Morgan fingerprint density at radius 1 is 1.50 bits per heavy atom. The first-order valence-electron chi connectivity index (χ1n) is 3.70. The van der Waals surface area contributed by atoms with Crippen LogP contribution in [0, 0.1) is 5.92 Å². The van der Waals surface area contributed by atoms with E-state index in [0.29, 0.717) is 13.0 Å². The van der Waals surface area contributed by atoms with Gasteiger partial charge >= 0.3 is 51.4 Å². The van der Waals surface area contributed by atoms with Crippen molar-refractivity contribution in [1.82, 2.24) is 5.32 Å². The number of carboxylic acids is 1. The number of carboxylic acid groups (broad SMARTS) is 1. The fourth-order valence-electron chi connectivity index (χ4n) is 1.16. The molecule has 4 nitrogen and oxygen atoms in total. The number of rotatable bonds is 1. The summed E-state index contributed by atoms with van der Waals surface area (Å²) in [4.78, 5) is 21.3. The van der Waals surface area contributed by atoms with Crippen LogP contribution >= 0.6 is 0 Å². The number of carbonyl (C=O) groups excluding carboxylic acids is 2. The first kappa shape index (κ1) is 12.6. The molecule has 0 bridgehead atoms. The largest absolute Gasteiger partial charge is 1.00 e. The molecule has 0 aliphatic carbocycles. The fourth-order valence-corrected chi connectivity index (χ4v) is 1.16. The zero-order chi connectivity index (χ0) is 8.27. The normalized spacial score (nSPS) is 23.3. The Balaban J connectivity index is 0.00000121. The molecule has 1 rings (SSSR count). The van der Waals surface area contributed by atoms with Gasteiger partial charge in [-0.2, -0.15) is 0 Å². The van der Waals surface area contributed by atoms with Crippen molar-refractivity contribution in [3.63, 3.8) is 0 Å². The van der Waals surface area contributed by atoms with Gasteiger partial charge in [-0.05, 0) is 12.8 Å². The molecule has 5 heteroatoms. The minimum atomic E-state index is -1.26. The van der Waals surface area contributed by atoms with Crippen molar-refractivity contribution in [2.45, 2.75) is 19.3 Å². The molecule has 1 aliphatic heterocycles. The van der Waals surface area contributed by atoms with Gasteiger partial charge < -0.3 is 15.2 Å². The van der Waals surface area contributed by atoms with E-state index < -0.39 is 17.8 Å². The van der Waals surface area contributed by atoms with Gasteiger partial charge in [-0.3, -0.25) is 4.79 Å². The molecule has 1 unspecified atom stereocenters. The van der Waals surface area contributed by atoms with Gasteiger partial charge in [-0.15, -0.1) is 0 Å². The molecule has 1 amide bonds. The second-order valence-corrected chi connectivity index (χ2v) is 2.66. The molecular formula is C7H10KNO3. The Hall–Kier alpha value is 0.576. The van der Waals surface area contributed by atoms with Crippen molar-refractivity contribution in [3.8, 4) is 0 Å². The van der Waals surface area contributed by atoms with Gasteiger partial charge in [-0.25, -0.2) is 0 Å². The molecule has 1 N–H and O–H groups in total. The first-order valence-corrected chi connectivity index (χ1v) is 3.70. The Labute approximate surface area is 114 Å². The van der Waals surface area contributed by atoms with Gasteiger partial charge in [0.15, 0.2) is 0 Å². The summed E-state index contributed by atoms with van der Waals surface area (Å²) in [7, 11) is 0. The van der Waals surface area contributed by atoms with E-state index in [1.807, 2.05) is 0 Å². The number of carbonyl (C=O) groups is 2. The van der Waals surface area contributed by atoms with Crippen LogP contribution in [0.4, 0.5) is 0 Å². The molecule has 12 heavy (non-hydrogen) atoms. The molecule has 1 fully saturated rings. The zero-order valence-corrected chi connectivity index (χ0v) is 10.3. The molecule has 0 radical (unpaired) electrons. The molecule has 62 valence electrons. The Kier molecular flexibility index (Phi) is 6.39. The second kappa shape index (κ2) is 6.09. The summed E-state index contributed by atoms with van der Waals surface area (Å²) in [6.45, 7) is 0.586. The minimum absolute atomic E-state index is 0. The maximum absolute atomic E-state index is 10.9. The standard InChI is InChI=1S/C7H11NO3.K/c9-6-5(7(10)11)3-1-2-4-8-6;/h5H,1-4H2,(H,8,9)(H,10,11);/q;+1/p-1. The molecule has 1 saturated heterocycles. The van der Waals surface area contributed by atoms with Crippen molar-refractivity contribution in [2.75, 3.05) is 6.54 Å². The molecule has 0 aromatic rings. The first-order chi connectivity index (χ1) is 5.22. The van der Waals surface area contributed by atoms with E-state index in [1.54, 1.807) is 0 Å². The molecular weight excluding hydrogens is 185 g/mol. The van der Waals surface area contributed by atoms with Crippen LogP contribution in [-0.4, -0.2) is 18.4 Å². The topological polar surface area (TPSA) is 69.2 Å². The smallest absolute Gasteiger partial charge is 0.549 e. The van der Waals surface area contributed by atoms with Crippen LogP contribution in [0.15, 0.2) is 0 Å². The van der Waals surface area contributed by atoms with Crippen LogP contribution in [0.3, 0.4) is 0 Å². The predicted octanol–water partition coefficient (Wildman–Crippen LogP) is -4.34. The van der Waals surface area contributed by atoms with Gasteiger partial charge in [0, 0.05) is 6.54 Å². The number of aliphatic carboxylic acids is 1. The van der Waals surface area contributed by atoms with E-state index in [-0.39, 0.29) is 51.4 Å². The second-order valence-electron chi connectivity index (χ2n) is 2.66. The van der Waals surface area contributed by atoms with Gasteiger partial charge in [0.1, 0.15) is 0 Å². The van der Waals surface area contributed by atoms with E-state index in [1.165, 1.54) is 0 Å². The average Bonchev–Trinajstić information content (AvgIpc) is 2.13. The number of hydrogen-bond donors (Lipinski definition) is 1. The van der Waals surface area contributed by atoms with Crippen LogP contribution in [-0.2, 0) is 9.59 Å². The summed E-state index contributed by atoms with van der Waals surface area (Å²) in [6.07, 6.45) is 2.04. The van der Waals surface area contributed by atoms with Crippen LogP contribution < -0.4 is 61.8 Å². The van der Waals surface area contributed by atoms with E-state index in [2.05, 4.69) is 5.32 Å². The molecule has 1 atom stereocenters. The van der Waals surface area contributed by atoms with Crippen molar-refractivity contribution in [3.05, 3.63) is 0 Å². The van der Waals surface area contributed by atoms with E-state index in [9.17, 15) is 14.7 Å². The van der Waals surface area contributed by atoms with Crippen molar-refractivity contribution < 1.29 is 66.1 Å². The van der Waals surface area contributed by atoms with Crippen molar-refractivity contribution >= 4 is 11.9 Å². The molecule has 0 saturated carbocycles. The van der Waals surface area contributed by atoms with E-state index >= 15 is 0 Å². The summed E-state index contributed by atoms with van der Waals surface area (Å²) in [5.41, 5.74) is 0. The van der Waals surface area contributed by atoms with E-state index in [0.717, 1.165) is 12.8 Å². The van der Waals surface area contributed by atoms with Crippen LogP contribution in [0.2, 0.25) is 0 Å². The van der Waals surface area contributed by atoms with Crippen LogP contribution in [0.25, 0.3) is 0 Å². The molecule has 0 aromatic heterocycles. The third kappa shape index (κ3) is 3.53. The summed E-state index contributed by atoms with van der Waals surface area (Å²) in [5.74, 6) is -2.59.